The van der Waals surface area contributed by atoms with Crippen molar-refractivity contribution in [3.63, 3.8) is 0 Å². The number of nitrogens with one attached hydrogen (secondary N) is 1. The van der Waals surface area contributed by atoms with Crippen LogP contribution in [0.15, 0.2) is 30.3 Å². The van der Waals surface area contributed by atoms with Crippen molar-refractivity contribution in [1.29, 1.82) is 0 Å². The lowest BCUT2D eigenvalue weighted by Crippen LogP contribution is -2.47. The Bertz CT molecular complexity index is 708. The van der Waals surface area contributed by atoms with Crippen LogP contribution in [0.5, 0.6) is 0 Å². The predicted octanol–water partition coefficient (Wildman–Crippen LogP) is 2.24. The second kappa shape index (κ2) is 7.18. The van der Waals surface area contributed by atoms with E-state index in [0.29, 0.717) is 12.5 Å². The first-order valence-corrected chi connectivity index (χ1v) is 8.65. The van der Waals surface area contributed by atoms with Crippen molar-refractivity contribution in [3.05, 3.63) is 47.3 Å². The summed E-state index contributed by atoms with van der Waals surface area (Å²) in [6.07, 6.45) is 2.64. The monoisotopic (exact) mass is 326 g/mol. The number of carbonyl (C=O) groups is 1. The first-order chi connectivity index (χ1) is 11.6. The number of nitrogens with zero attached hydrogens (tertiary/aromatic N) is 3. The number of rotatable bonds is 4. The minimum Gasteiger partial charge on any atom is -0.341 e. The van der Waals surface area contributed by atoms with Gasteiger partial charge in [0.2, 0.25) is 5.91 Å². The number of piperidine rings is 1. The third-order valence-electron chi connectivity index (χ3n) is 4.95. The molecule has 3 rings (SSSR count). The Morgan fingerprint density at radius 2 is 2.04 bits per heavy atom. The first kappa shape index (κ1) is 16.7. The van der Waals surface area contributed by atoms with E-state index in [4.69, 9.17) is 0 Å². The first-order valence-electron chi connectivity index (χ1n) is 8.65. The standard InChI is InChI=1S/C19H26N4O/c1-14-18(12-19(24)22-11-7-8-16(13-22)20-3)15(2)23(21-14)17-9-5-4-6-10-17/h4-6,9-10,16,20H,7-8,11-13H2,1-3H3. The van der Waals surface area contributed by atoms with Crippen LogP contribution in [-0.2, 0) is 11.2 Å². The molecule has 1 fully saturated rings. The Morgan fingerprint density at radius 1 is 1.29 bits per heavy atom. The van der Waals surface area contributed by atoms with Crippen LogP contribution < -0.4 is 5.32 Å². The zero-order valence-electron chi connectivity index (χ0n) is 14.7. The average molecular weight is 326 g/mol. The molecule has 0 spiro atoms. The molecule has 5 nitrogen and oxygen atoms in total. The number of likely N-dealkylation sites (tertiary alicyclic amines) is 1. The van der Waals surface area contributed by atoms with Crippen LogP contribution in [0.3, 0.4) is 0 Å². The van der Waals surface area contributed by atoms with Crippen LogP contribution in [0, 0.1) is 13.8 Å². The van der Waals surface area contributed by atoms with Crippen molar-refractivity contribution in [1.82, 2.24) is 20.0 Å². The second-order valence-corrected chi connectivity index (χ2v) is 6.54. The number of aryl methyl sites for hydroxylation is 1. The van der Waals surface area contributed by atoms with E-state index in [-0.39, 0.29) is 5.91 Å². The number of likely N-dealkylation sites (N-methyl/N-ethyl adjacent to an activating group) is 1. The Kier molecular flexibility index (Phi) is 5.00. The van der Waals surface area contributed by atoms with E-state index >= 15 is 0 Å². The van der Waals surface area contributed by atoms with E-state index in [2.05, 4.69) is 10.4 Å². The number of aromatic nitrogens is 2. The third kappa shape index (κ3) is 3.36. The topological polar surface area (TPSA) is 50.2 Å². The summed E-state index contributed by atoms with van der Waals surface area (Å²) in [5.74, 6) is 0.203. The van der Waals surface area contributed by atoms with Gasteiger partial charge in [0.05, 0.1) is 17.8 Å². The van der Waals surface area contributed by atoms with E-state index in [1.807, 2.05) is 60.8 Å². The summed E-state index contributed by atoms with van der Waals surface area (Å²) in [7, 11) is 1.97. The maximum absolute atomic E-state index is 12.7. The molecule has 0 saturated carbocycles. The molecule has 1 saturated heterocycles. The average Bonchev–Trinajstić information content (AvgIpc) is 2.90. The van der Waals surface area contributed by atoms with Crippen LogP contribution in [0.4, 0.5) is 0 Å². The van der Waals surface area contributed by atoms with E-state index in [1.165, 1.54) is 0 Å². The van der Waals surface area contributed by atoms with Gasteiger partial charge in [-0.1, -0.05) is 18.2 Å². The number of para-hydroxylation sites is 1. The predicted molar refractivity (Wildman–Crippen MR) is 95.4 cm³/mol. The number of carbonyl (C=O) groups excluding carboxylic acids is 1. The molecular weight excluding hydrogens is 300 g/mol. The lowest BCUT2D eigenvalue weighted by Gasteiger charge is -2.32. The normalized spacial score (nSPS) is 18.0. The van der Waals surface area contributed by atoms with Gasteiger partial charge in [-0.25, -0.2) is 4.68 Å². The van der Waals surface area contributed by atoms with Gasteiger partial charge in [0.15, 0.2) is 0 Å². The molecule has 2 aromatic rings. The second-order valence-electron chi connectivity index (χ2n) is 6.54. The Morgan fingerprint density at radius 3 is 2.75 bits per heavy atom. The van der Waals surface area contributed by atoms with Gasteiger partial charge in [0.25, 0.3) is 0 Å². The van der Waals surface area contributed by atoms with Crippen LogP contribution in [0.2, 0.25) is 0 Å². The maximum atomic E-state index is 12.7. The van der Waals surface area contributed by atoms with E-state index < -0.39 is 0 Å². The summed E-state index contributed by atoms with van der Waals surface area (Å²) in [6.45, 7) is 5.70. The minimum absolute atomic E-state index is 0.203. The van der Waals surface area contributed by atoms with Crippen LogP contribution >= 0.6 is 0 Å². The van der Waals surface area contributed by atoms with Crippen molar-refractivity contribution < 1.29 is 4.79 Å². The molecule has 5 heteroatoms. The Labute approximate surface area is 143 Å². The molecule has 1 aliphatic heterocycles. The number of hydrogen-bond donors (Lipinski definition) is 1. The van der Waals surface area contributed by atoms with Gasteiger partial charge >= 0.3 is 0 Å². The molecule has 1 N–H and O–H groups in total. The van der Waals surface area contributed by atoms with Crippen molar-refractivity contribution in [2.75, 3.05) is 20.1 Å². The highest BCUT2D eigenvalue weighted by Crippen LogP contribution is 2.20. The van der Waals surface area contributed by atoms with Gasteiger partial charge in [-0.3, -0.25) is 4.79 Å². The smallest absolute Gasteiger partial charge is 0.227 e. The molecule has 0 bridgehead atoms. The summed E-state index contributed by atoms with van der Waals surface area (Å²) in [4.78, 5) is 14.7. The Hall–Kier alpha value is -2.14. The number of hydrogen-bond acceptors (Lipinski definition) is 3. The molecule has 1 aromatic heterocycles. The van der Waals surface area contributed by atoms with Crippen molar-refractivity contribution in [2.45, 2.75) is 39.2 Å². The SMILES string of the molecule is CNC1CCCN(C(=O)Cc2c(C)nn(-c3ccccc3)c2C)C1. The van der Waals surface area contributed by atoms with Crippen LogP contribution in [0.25, 0.3) is 5.69 Å². The number of benzene rings is 1. The van der Waals surface area contributed by atoms with E-state index in [1.54, 1.807) is 0 Å². The molecule has 1 unspecified atom stereocenters. The number of amides is 1. The molecule has 1 atom stereocenters. The molecule has 1 amide bonds. The van der Waals surface area contributed by atoms with Gasteiger partial charge < -0.3 is 10.2 Å². The van der Waals surface area contributed by atoms with Crippen molar-refractivity contribution in [3.8, 4) is 5.69 Å². The van der Waals surface area contributed by atoms with Crippen LogP contribution in [0.1, 0.15) is 29.8 Å². The van der Waals surface area contributed by atoms with Crippen LogP contribution in [-0.4, -0.2) is 46.8 Å². The van der Waals surface area contributed by atoms with Gasteiger partial charge in [-0.2, -0.15) is 5.10 Å². The van der Waals surface area contributed by atoms with Gasteiger partial charge in [-0.05, 0) is 45.9 Å². The highest BCUT2D eigenvalue weighted by molar-refractivity contribution is 5.79. The van der Waals surface area contributed by atoms with Crippen molar-refractivity contribution in [2.24, 2.45) is 0 Å². The van der Waals surface area contributed by atoms with E-state index in [0.717, 1.165) is 48.6 Å². The third-order valence-corrected chi connectivity index (χ3v) is 4.95. The molecule has 1 aliphatic rings. The zero-order valence-corrected chi connectivity index (χ0v) is 14.7. The van der Waals surface area contributed by atoms with Gasteiger partial charge in [0.1, 0.15) is 0 Å². The fourth-order valence-electron chi connectivity index (χ4n) is 3.45. The molecular formula is C19H26N4O. The summed E-state index contributed by atoms with van der Waals surface area (Å²) in [6, 6.07) is 10.5. The highest BCUT2D eigenvalue weighted by Gasteiger charge is 2.24. The minimum atomic E-state index is 0.203. The lowest BCUT2D eigenvalue weighted by atomic mass is 10.0. The molecule has 24 heavy (non-hydrogen) atoms. The summed E-state index contributed by atoms with van der Waals surface area (Å²) in [5, 5.41) is 7.93. The fourth-order valence-corrected chi connectivity index (χ4v) is 3.45. The fraction of sp³-hybridized carbons (Fsp3) is 0.474. The molecule has 2 heterocycles. The molecule has 0 aliphatic carbocycles. The molecule has 128 valence electrons. The van der Waals surface area contributed by atoms with Crippen molar-refractivity contribution >= 4 is 5.91 Å². The van der Waals surface area contributed by atoms with E-state index in [9.17, 15) is 4.79 Å². The lowest BCUT2D eigenvalue weighted by molar-refractivity contribution is -0.131. The zero-order chi connectivity index (χ0) is 17.1. The molecule has 1 aromatic carbocycles. The van der Waals surface area contributed by atoms with Gasteiger partial charge in [0, 0.05) is 30.4 Å². The molecule has 0 radical (unpaired) electrons. The Balaban J connectivity index is 1.78. The van der Waals surface area contributed by atoms with Gasteiger partial charge in [-0.15, -0.1) is 0 Å². The highest BCUT2D eigenvalue weighted by atomic mass is 16.2. The summed E-state index contributed by atoms with van der Waals surface area (Å²) in [5.41, 5.74) is 4.07. The maximum Gasteiger partial charge on any atom is 0.227 e. The summed E-state index contributed by atoms with van der Waals surface area (Å²) < 4.78 is 1.94. The quantitative estimate of drug-likeness (QED) is 0.937. The summed E-state index contributed by atoms with van der Waals surface area (Å²) >= 11 is 0. The largest absolute Gasteiger partial charge is 0.341 e.